The number of carbonyl (C=O) groups is 2. The van der Waals surface area contributed by atoms with Crippen molar-refractivity contribution < 1.29 is 27.9 Å². The van der Waals surface area contributed by atoms with Crippen LogP contribution in [0.2, 0.25) is 0 Å². The molecule has 0 bridgehead atoms. The van der Waals surface area contributed by atoms with Crippen LogP contribution in [0.1, 0.15) is 12.8 Å². The van der Waals surface area contributed by atoms with Gasteiger partial charge in [-0.1, -0.05) is 0 Å². The number of hydrogen-bond acceptors (Lipinski definition) is 2. The number of rotatable bonds is 3. The Balaban J connectivity index is 2.44. The second-order valence-corrected chi connectivity index (χ2v) is 3.39. The molecule has 0 aliphatic heterocycles. The van der Waals surface area contributed by atoms with Crippen molar-refractivity contribution >= 4 is 12.0 Å². The van der Waals surface area contributed by atoms with Crippen LogP contribution in [-0.4, -0.2) is 35.4 Å². The van der Waals surface area contributed by atoms with Crippen molar-refractivity contribution in [1.29, 1.82) is 0 Å². The van der Waals surface area contributed by atoms with E-state index >= 15 is 0 Å². The van der Waals surface area contributed by atoms with E-state index in [9.17, 15) is 22.8 Å². The highest BCUT2D eigenvalue weighted by atomic mass is 19.4. The summed E-state index contributed by atoms with van der Waals surface area (Å²) >= 11 is 0. The van der Waals surface area contributed by atoms with Crippen LogP contribution in [0, 0.1) is 0 Å². The van der Waals surface area contributed by atoms with Crippen molar-refractivity contribution in [3.8, 4) is 0 Å². The molecule has 15 heavy (non-hydrogen) atoms. The van der Waals surface area contributed by atoms with Crippen LogP contribution in [0.4, 0.5) is 18.0 Å². The third-order valence-electron chi connectivity index (χ3n) is 2.07. The van der Waals surface area contributed by atoms with Gasteiger partial charge in [-0.2, -0.15) is 13.2 Å². The van der Waals surface area contributed by atoms with E-state index in [-0.39, 0.29) is 6.54 Å². The minimum absolute atomic E-state index is 0.204. The first kappa shape index (κ1) is 11.6. The number of hydrogen-bond donors (Lipinski definition) is 3. The molecule has 0 unspecified atom stereocenters. The molecular weight excluding hydrogens is 217 g/mol. The normalized spacial score (nSPS) is 18.1. The fraction of sp³-hybridized carbons (Fsp3) is 0.714. The molecule has 5 nitrogen and oxygen atoms in total. The van der Waals surface area contributed by atoms with Crippen molar-refractivity contribution in [2.24, 2.45) is 0 Å². The van der Waals surface area contributed by atoms with Gasteiger partial charge in [0, 0.05) is 6.54 Å². The first-order chi connectivity index (χ1) is 6.75. The fourth-order valence-electron chi connectivity index (χ4n) is 1.05. The Kier molecular flexibility index (Phi) is 2.78. The topological polar surface area (TPSA) is 78.4 Å². The zero-order chi connectivity index (χ0) is 11.7. The Morgan fingerprint density at radius 3 is 2.20 bits per heavy atom. The van der Waals surface area contributed by atoms with Gasteiger partial charge < -0.3 is 15.7 Å². The molecule has 3 N–H and O–H groups in total. The molecule has 1 rings (SSSR count). The van der Waals surface area contributed by atoms with Crippen molar-refractivity contribution in [2.75, 3.05) is 6.54 Å². The van der Waals surface area contributed by atoms with E-state index in [0.717, 1.165) is 0 Å². The lowest BCUT2D eigenvalue weighted by molar-refractivity contribution is -0.174. The Morgan fingerprint density at radius 2 is 1.87 bits per heavy atom. The largest absolute Gasteiger partial charge is 0.471 e. The lowest BCUT2D eigenvalue weighted by atomic mass is 10.2. The van der Waals surface area contributed by atoms with Crippen LogP contribution >= 0.6 is 0 Å². The van der Waals surface area contributed by atoms with Crippen LogP contribution in [0.5, 0.6) is 0 Å². The molecule has 0 heterocycles. The Morgan fingerprint density at radius 1 is 1.33 bits per heavy atom. The molecule has 1 fully saturated rings. The molecule has 0 radical (unpaired) electrons. The van der Waals surface area contributed by atoms with Crippen LogP contribution in [0.3, 0.4) is 0 Å². The van der Waals surface area contributed by atoms with Gasteiger partial charge in [-0.05, 0) is 12.8 Å². The van der Waals surface area contributed by atoms with Crippen molar-refractivity contribution in [2.45, 2.75) is 24.6 Å². The molecule has 1 saturated carbocycles. The first-order valence-corrected chi connectivity index (χ1v) is 4.11. The standard InChI is InChI=1S/C7H9F3N2O3/c8-7(9,10)4(13)12-6(1-2-6)3-11-5(14)15/h11H,1-3H2,(H,12,13)(H,14,15). The highest BCUT2D eigenvalue weighted by Crippen LogP contribution is 2.35. The molecule has 2 amide bonds. The summed E-state index contributed by atoms with van der Waals surface area (Å²) in [4.78, 5) is 20.7. The summed E-state index contributed by atoms with van der Waals surface area (Å²) in [6.07, 6.45) is -5.58. The minimum atomic E-state index is -4.93. The van der Waals surface area contributed by atoms with E-state index < -0.39 is 23.7 Å². The van der Waals surface area contributed by atoms with Gasteiger partial charge in [-0.15, -0.1) is 0 Å². The summed E-state index contributed by atoms with van der Waals surface area (Å²) in [7, 11) is 0. The molecule has 1 aliphatic carbocycles. The molecule has 0 aromatic heterocycles. The highest BCUT2D eigenvalue weighted by Gasteiger charge is 2.50. The van der Waals surface area contributed by atoms with Gasteiger partial charge in [0.15, 0.2) is 0 Å². The summed E-state index contributed by atoms with van der Waals surface area (Å²) < 4.78 is 35.6. The third kappa shape index (κ3) is 3.30. The van der Waals surface area contributed by atoms with Crippen LogP contribution in [-0.2, 0) is 4.79 Å². The van der Waals surface area contributed by atoms with Gasteiger partial charge in [-0.25, -0.2) is 4.79 Å². The number of carbonyl (C=O) groups excluding carboxylic acids is 1. The van der Waals surface area contributed by atoms with E-state index in [1.165, 1.54) is 0 Å². The lowest BCUT2D eigenvalue weighted by Crippen LogP contribution is -2.49. The molecular formula is C7H9F3N2O3. The van der Waals surface area contributed by atoms with Crippen molar-refractivity contribution in [3.05, 3.63) is 0 Å². The second-order valence-electron chi connectivity index (χ2n) is 3.39. The van der Waals surface area contributed by atoms with E-state index in [1.807, 2.05) is 5.32 Å². The maximum atomic E-state index is 11.9. The first-order valence-electron chi connectivity index (χ1n) is 4.11. The molecule has 1 aliphatic rings. The Hall–Kier alpha value is -1.47. The maximum absolute atomic E-state index is 11.9. The zero-order valence-corrected chi connectivity index (χ0v) is 7.52. The quantitative estimate of drug-likeness (QED) is 0.654. The van der Waals surface area contributed by atoms with Gasteiger partial charge in [0.25, 0.3) is 0 Å². The third-order valence-corrected chi connectivity index (χ3v) is 2.07. The SMILES string of the molecule is O=C(O)NCC1(NC(=O)C(F)(F)F)CC1. The predicted octanol–water partition coefficient (Wildman–Crippen LogP) is 0.465. The maximum Gasteiger partial charge on any atom is 0.471 e. The van der Waals surface area contributed by atoms with Crippen LogP contribution < -0.4 is 10.6 Å². The second kappa shape index (κ2) is 3.59. The van der Waals surface area contributed by atoms with Gasteiger partial charge in [-0.3, -0.25) is 4.79 Å². The van der Waals surface area contributed by atoms with E-state index in [0.29, 0.717) is 12.8 Å². The summed E-state index contributed by atoms with van der Waals surface area (Å²) in [5.41, 5.74) is -1.05. The zero-order valence-electron chi connectivity index (χ0n) is 7.52. The van der Waals surface area contributed by atoms with E-state index in [1.54, 1.807) is 5.32 Å². The monoisotopic (exact) mass is 226 g/mol. The summed E-state index contributed by atoms with van der Waals surface area (Å²) in [6, 6.07) is 0. The molecule has 0 spiro atoms. The summed E-state index contributed by atoms with van der Waals surface area (Å²) in [6.45, 7) is -0.204. The highest BCUT2D eigenvalue weighted by molar-refractivity contribution is 5.83. The summed E-state index contributed by atoms with van der Waals surface area (Å²) in [5.74, 6) is -2.04. The van der Waals surface area contributed by atoms with Crippen LogP contribution in [0.15, 0.2) is 0 Å². The number of alkyl halides is 3. The molecule has 86 valence electrons. The number of nitrogens with one attached hydrogen (secondary N) is 2. The molecule has 0 aromatic rings. The number of halogens is 3. The van der Waals surface area contributed by atoms with E-state index in [2.05, 4.69) is 0 Å². The smallest absolute Gasteiger partial charge is 0.465 e. The predicted molar refractivity (Wildman–Crippen MR) is 42.2 cm³/mol. The van der Waals surface area contributed by atoms with Crippen molar-refractivity contribution in [3.63, 3.8) is 0 Å². The average molecular weight is 226 g/mol. The van der Waals surface area contributed by atoms with Crippen LogP contribution in [0.25, 0.3) is 0 Å². The minimum Gasteiger partial charge on any atom is -0.465 e. The molecule has 0 saturated heterocycles. The van der Waals surface area contributed by atoms with Gasteiger partial charge in [0.05, 0.1) is 5.54 Å². The fourth-order valence-corrected chi connectivity index (χ4v) is 1.05. The Labute approximate surface area is 82.6 Å². The summed E-state index contributed by atoms with van der Waals surface area (Å²) in [5, 5.41) is 12.0. The number of amides is 2. The molecule has 0 atom stereocenters. The lowest BCUT2D eigenvalue weighted by Gasteiger charge is -2.17. The van der Waals surface area contributed by atoms with Gasteiger partial charge in [0.1, 0.15) is 0 Å². The van der Waals surface area contributed by atoms with Crippen molar-refractivity contribution in [1.82, 2.24) is 10.6 Å². The Bertz CT molecular complexity index is 286. The van der Waals surface area contributed by atoms with E-state index in [4.69, 9.17) is 5.11 Å². The van der Waals surface area contributed by atoms with Gasteiger partial charge in [0.2, 0.25) is 0 Å². The molecule has 0 aromatic carbocycles. The molecule has 8 heteroatoms. The van der Waals surface area contributed by atoms with Gasteiger partial charge >= 0.3 is 18.2 Å². The average Bonchev–Trinajstić information content (AvgIpc) is 2.80. The number of carboxylic acid groups (broad SMARTS) is 1.